The highest BCUT2D eigenvalue weighted by atomic mass is 35.5. The number of halogens is 1. The number of rotatable bonds is 2. The molecule has 0 spiro atoms. The molecule has 0 aliphatic carbocycles. The van der Waals surface area contributed by atoms with Gasteiger partial charge in [0.05, 0.1) is 30.1 Å². The van der Waals surface area contributed by atoms with E-state index in [0.717, 1.165) is 32.5 Å². The maximum absolute atomic E-state index is 8.87. The molecule has 2 aromatic heterocycles. The molecule has 0 fully saturated rings. The Labute approximate surface area is 119 Å². The molecule has 0 saturated carbocycles. The summed E-state index contributed by atoms with van der Waals surface area (Å²) in [6, 6.07) is 8.12. The zero-order valence-corrected chi connectivity index (χ0v) is 11.8. The van der Waals surface area contributed by atoms with Gasteiger partial charge in [-0.2, -0.15) is 5.26 Å². The second kappa shape index (κ2) is 4.69. The molecule has 3 aromatic rings. The third kappa shape index (κ3) is 2.01. The first-order valence-corrected chi connectivity index (χ1v) is 7.04. The Morgan fingerprint density at radius 1 is 1.47 bits per heavy atom. The number of nitriles is 1. The molecule has 94 valence electrons. The van der Waals surface area contributed by atoms with E-state index in [1.54, 1.807) is 17.5 Å². The van der Waals surface area contributed by atoms with E-state index in [4.69, 9.17) is 16.9 Å². The second-order valence-corrected chi connectivity index (χ2v) is 5.53. The molecule has 3 rings (SSSR count). The van der Waals surface area contributed by atoms with E-state index in [0.29, 0.717) is 6.42 Å². The Morgan fingerprint density at radius 3 is 3.05 bits per heavy atom. The van der Waals surface area contributed by atoms with Crippen molar-refractivity contribution in [2.45, 2.75) is 13.3 Å². The number of nitrogens with zero attached hydrogens (tertiary/aromatic N) is 3. The van der Waals surface area contributed by atoms with Crippen molar-refractivity contribution < 1.29 is 0 Å². The average molecular weight is 288 g/mol. The van der Waals surface area contributed by atoms with Crippen molar-refractivity contribution in [2.24, 2.45) is 0 Å². The fourth-order valence-electron chi connectivity index (χ4n) is 2.08. The molecule has 0 atom stereocenters. The molecule has 0 saturated heterocycles. The van der Waals surface area contributed by atoms with Crippen molar-refractivity contribution in [3.05, 3.63) is 46.1 Å². The molecule has 5 heteroatoms. The molecule has 0 unspecified atom stereocenters. The van der Waals surface area contributed by atoms with Crippen molar-refractivity contribution in [3.63, 3.8) is 0 Å². The predicted molar refractivity (Wildman–Crippen MR) is 77.6 cm³/mol. The van der Waals surface area contributed by atoms with Crippen LogP contribution in [0.4, 0.5) is 0 Å². The van der Waals surface area contributed by atoms with Gasteiger partial charge in [0.1, 0.15) is 0 Å². The summed E-state index contributed by atoms with van der Waals surface area (Å²) in [5.41, 5.74) is 4.11. The standard InChI is InChI=1S/C14H10ClN3S/c1-9-6-10(2-3-12(9)15)13-8-19-14-17-7-11(4-5-16)18(13)14/h2-3,6-8H,4H2,1H3. The quantitative estimate of drug-likeness (QED) is 0.712. The van der Waals surface area contributed by atoms with Crippen LogP contribution in [0.15, 0.2) is 29.8 Å². The van der Waals surface area contributed by atoms with Gasteiger partial charge in [-0.1, -0.05) is 17.7 Å². The third-order valence-electron chi connectivity index (χ3n) is 3.03. The van der Waals surface area contributed by atoms with Crippen LogP contribution in [0.2, 0.25) is 5.02 Å². The van der Waals surface area contributed by atoms with Gasteiger partial charge in [0, 0.05) is 10.4 Å². The zero-order chi connectivity index (χ0) is 13.4. The average Bonchev–Trinajstić information content (AvgIpc) is 2.96. The maximum Gasteiger partial charge on any atom is 0.194 e. The monoisotopic (exact) mass is 287 g/mol. The van der Waals surface area contributed by atoms with Crippen LogP contribution in [-0.4, -0.2) is 9.38 Å². The lowest BCUT2D eigenvalue weighted by Gasteiger charge is -2.05. The van der Waals surface area contributed by atoms with Crippen LogP contribution in [0.3, 0.4) is 0 Å². The first kappa shape index (κ1) is 12.2. The summed E-state index contributed by atoms with van der Waals surface area (Å²) in [4.78, 5) is 5.24. The molecular formula is C14H10ClN3S. The minimum atomic E-state index is 0.359. The summed E-state index contributed by atoms with van der Waals surface area (Å²) in [6.45, 7) is 1.99. The zero-order valence-electron chi connectivity index (χ0n) is 10.2. The fourth-order valence-corrected chi connectivity index (χ4v) is 3.09. The first-order chi connectivity index (χ1) is 9.20. The Kier molecular flexibility index (Phi) is 3.02. The van der Waals surface area contributed by atoms with Crippen molar-refractivity contribution in [3.8, 4) is 17.3 Å². The molecule has 1 aromatic carbocycles. The van der Waals surface area contributed by atoms with Gasteiger partial charge >= 0.3 is 0 Å². The summed E-state index contributed by atoms with van der Waals surface area (Å²) >= 11 is 7.64. The molecule has 0 radical (unpaired) electrons. The number of hydrogen-bond donors (Lipinski definition) is 0. The number of hydrogen-bond acceptors (Lipinski definition) is 3. The van der Waals surface area contributed by atoms with Gasteiger partial charge in [0.15, 0.2) is 4.96 Å². The van der Waals surface area contributed by atoms with Crippen molar-refractivity contribution >= 4 is 27.9 Å². The van der Waals surface area contributed by atoms with Gasteiger partial charge in [0.25, 0.3) is 0 Å². The smallest absolute Gasteiger partial charge is 0.194 e. The number of aromatic nitrogens is 2. The summed E-state index contributed by atoms with van der Waals surface area (Å²) < 4.78 is 2.04. The fraction of sp³-hybridized carbons (Fsp3) is 0.143. The summed E-state index contributed by atoms with van der Waals surface area (Å²) in [5, 5.41) is 11.7. The van der Waals surface area contributed by atoms with Gasteiger partial charge in [-0.05, 0) is 30.2 Å². The SMILES string of the molecule is Cc1cc(-c2csc3ncc(CC#N)n23)ccc1Cl. The highest BCUT2D eigenvalue weighted by Crippen LogP contribution is 2.29. The van der Waals surface area contributed by atoms with Gasteiger partial charge < -0.3 is 0 Å². The van der Waals surface area contributed by atoms with Gasteiger partial charge in [0.2, 0.25) is 0 Å². The minimum absolute atomic E-state index is 0.359. The van der Waals surface area contributed by atoms with E-state index in [1.165, 1.54) is 0 Å². The van der Waals surface area contributed by atoms with Crippen LogP contribution in [0.5, 0.6) is 0 Å². The second-order valence-electron chi connectivity index (χ2n) is 4.29. The number of aryl methyl sites for hydroxylation is 1. The molecule has 0 aliphatic rings. The van der Waals surface area contributed by atoms with E-state index < -0.39 is 0 Å². The van der Waals surface area contributed by atoms with Crippen LogP contribution in [0.1, 0.15) is 11.3 Å². The predicted octanol–water partition coefficient (Wildman–Crippen LogP) is 4.09. The Balaban J connectivity index is 2.21. The van der Waals surface area contributed by atoms with Crippen LogP contribution in [0.25, 0.3) is 16.2 Å². The van der Waals surface area contributed by atoms with Gasteiger partial charge in [-0.25, -0.2) is 4.98 Å². The summed E-state index contributed by atoms with van der Waals surface area (Å²) in [5.74, 6) is 0. The summed E-state index contributed by atoms with van der Waals surface area (Å²) in [6.07, 6.45) is 2.12. The van der Waals surface area contributed by atoms with E-state index >= 15 is 0 Å². The van der Waals surface area contributed by atoms with Crippen molar-refractivity contribution in [2.75, 3.05) is 0 Å². The highest BCUT2D eigenvalue weighted by Gasteiger charge is 2.12. The molecule has 3 nitrogen and oxygen atoms in total. The molecule has 19 heavy (non-hydrogen) atoms. The number of fused-ring (bicyclic) bond motifs is 1. The number of thiazole rings is 1. The normalized spacial score (nSPS) is 10.8. The largest absolute Gasteiger partial charge is 0.286 e. The van der Waals surface area contributed by atoms with Crippen LogP contribution < -0.4 is 0 Å². The topological polar surface area (TPSA) is 41.1 Å². The van der Waals surface area contributed by atoms with Crippen molar-refractivity contribution in [1.82, 2.24) is 9.38 Å². The molecule has 0 bridgehead atoms. The molecular weight excluding hydrogens is 278 g/mol. The van der Waals surface area contributed by atoms with E-state index in [9.17, 15) is 0 Å². The number of imidazole rings is 1. The summed E-state index contributed by atoms with van der Waals surface area (Å²) in [7, 11) is 0. The molecule has 2 heterocycles. The molecule has 0 aliphatic heterocycles. The molecule has 0 N–H and O–H groups in total. The van der Waals surface area contributed by atoms with E-state index in [-0.39, 0.29) is 0 Å². The van der Waals surface area contributed by atoms with Gasteiger partial charge in [-0.15, -0.1) is 11.3 Å². The Bertz CT molecular complexity index is 795. The van der Waals surface area contributed by atoms with Crippen molar-refractivity contribution in [1.29, 1.82) is 5.26 Å². The van der Waals surface area contributed by atoms with Gasteiger partial charge in [-0.3, -0.25) is 4.40 Å². The lowest BCUT2D eigenvalue weighted by atomic mass is 10.1. The highest BCUT2D eigenvalue weighted by molar-refractivity contribution is 7.15. The third-order valence-corrected chi connectivity index (χ3v) is 4.30. The lowest BCUT2D eigenvalue weighted by Crippen LogP contribution is -1.92. The van der Waals surface area contributed by atoms with E-state index in [1.807, 2.05) is 23.5 Å². The lowest BCUT2D eigenvalue weighted by molar-refractivity contribution is 1.08. The molecule has 0 amide bonds. The first-order valence-electron chi connectivity index (χ1n) is 5.78. The number of benzene rings is 1. The maximum atomic E-state index is 8.87. The Hall–Kier alpha value is -1.83. The Morgan fingerprint density at radius 2 is 2.32 bits per heavy atom. The minimum Gasteiger partial charge on any atom is -0.286 e. The van der Waals surface area contributed by atoms with Crippen LogP contribution >= 0.6 is 22.9 Å². The van der Waals surface area contributed by atoms with E-state index in [2.05, 4.69) is 22.5 Å². The van der Waals surface area contributed by atoms with Crippen LogP contribution in [-0.2, 0) is 6.42 Å². The van der Waals surface area contributed by atoms with Crippen LogP contribution in [0, 0.1) is 18.3 Å².